The van der Waals surface area contributed by atoms with Gasteiger partial charge in [0, 0.05) is 6.42 Å². The molecule has 0 aliphatic rings. The van der Waals surface area contributed by atoms with Gasteiger partial charge in [-0.1, -0.05) is 6.92 Å². The number of hydrogen-bond donors (Lipinski definition) is 0. The second-order valence-corrected chi connectivity index (χ2v) is 0.632. The van der Waals surface area contributed by atoms with E-state index in [1.165, 1.54) is 6.11 Å². The van der Waals surface area contributed by atoms with E-state index in [2.05, 4.69) is 5.92 Å². The summed E-state index contributed by atoms with van der Waals surface area (Å²) in [5.41, 5.74) is 0. The standard InChI is InChI=1S/C4H6O.Li/c1-2-3-4-5;/h5H,2H2,1H3;/q;+1/p-1. The van der Waals surface area contributed by atoms with Crippen LogP contribution in [0.2, 0.25) is 0 Å². The van der Waals surface area contributed by atoms with E-state index in [-0.39, 0.29) is 18.9 Å². The molecule has 2 heteroatoms. The topological polar surface area (TPSA) is 23.1 Å². The van der Waals surface area contributed by atoms with Gasteiger partial charge in [-0.05, 0) is 0 Å². The van der Waals surface area contributed by atoms with Crippen LogP contribution < -0.4 is 24.0 Å². The van der Waals surface area contributed by atoms with Crippen molar-refractivity contribution in [1.29, 1.82) is 0 Å². The molecule has 1 nitrogen and oxygen atoms in total. The van der Waals surface area contributed by atoms with Crippen LogP contribution in [0.5, 0.6) is 0 Å². The Hall–Kier alpha value is -0.0426. The van der Waals surface area contributed by atoms with Crippen molar-refractivity contribution in [2.45, 2.75) is 13.3 Å². The van der Waals surface area contributed by atoms with Gasteiger partial charge in [0.25, 0.3) is 0 Å². The molecule has 0 atom stereocenters. The molecule has 0 fully saturated rings. The molecule has 28 valence electrons. The Morgan fingerprint density at radius 1 is 1.67 bits per heavy atom. The average molecular weight is 76.0 g/mol. The van der Waals surface area contributed by atoms with Crippen molar-refractivity contribution in [2.24, 2.45) is 0 Å². The van der Waals surface area contributed by atoms with Crippen molar-refractivity contribution in [1.82, 2.24) is 0 Å². The summed E-state index contributed by atoms with van der Waals surface area (Å²) in [6.07, 6.45) is 2.19. The molecule has 0 spiro atoms. The summed E-state index contributed by atoms with van der Waals surface area (Å²) < 4.78 is 0. The predicted molar refractivity (Wildman–Crippen MR) is 18.1 cm³/mol. The van der Waals surface area contributed by atoms with Crippen molar-refractivity contribution in [3.05, 3.63) is 0 Å². The van der Waals surface area contributed by atoms with Gasteiger partial charge in [-0.15, -0.1) is 5.92 Å². The van der Waals surface area contributed by atoms with Crippen LogP contribution in [0.4, 0.5) is 0 Å². The zero-order valence-electron chi connectivity index (χ0n) is 4.12. The van der Waals surface area contributed by atoms with Gasteiger partial charge in [0.1, 0.15) is 0 Å². The largest absolute Gasteiger partial charge is 1.00 e. The first kappa shape index (κ1) is 9.35. The van der Waals surface area contributed by atoms with E-state index >= 15 is 0 Å². The zero-order chi connectivity index (χ0) is 4.12. The minimum Gasteiger partial charge on any atom is -0.833 e. The molecule has 6 heavy (non-hydrogen) atoms. The monoisotopic (exact) mass is 76.1 g/mol. The first-order chi connectivity index (χ1) is 2.41. The van der Waals surface area contributed by atoms with Crippen LogP contribution in [-0.2, 0) is 0 Å². The summed E-state index contributed by atoms with van der Waals surface area (Å²) in [5, 5.41) is 9.17. The minimum absolute atomic E-state index is 0. The average Bonchev–Trinajstić information content (AvgIpc) is 1.41. The Labute approximate surface area is 49.9 Å². The summed E-state index contributed by atoms with van der Waals surface area (Å²) in [5.74, 6) is 2.31. The van der Waals surface area contributed by atoms with Gasteiger partial charge in [-0.2, -0.15) is 6.11 Å². The van der Waals surface area contributed by atoms with Crippen molar-refractivity contribution in [2.75, 3.05) is 0 Å². The fraction of sp³-hybridized carbons (Fsp3) is 0.500. The van der Waals surface area contributed by atoms with Gasteiger partial charge in [0.15, 0.2) is 0 Å². The third kappa shape index (κ3) is 9.03. The maximum atomic E-state index is 9.17. The molecule has 0 amide bonds. The van der Waals surface area contributed by atoms with E-state index < -0.39 is 0 Å². The third-order valence-electron chi connectivity index (χ3n) is 0.249. The Morgan fingerprint density at radius 2 is 2.17 bits per heavy atom. The molecule has 0 aliphatic carbocycles. The van der Waals surface area contributed by atoms with Crippen LogP contribution in [0.1, 0.15) is 13.3 Å². The first-order valence-corrected chi connectivity index (χ1v) is 1.51. The van der Waals surface area contributed by atoms with E-state index in [4.69, 9.17) is 5.11 Å². The molecule has 0 unspecified atom stereocenters. The van der Waals surface area contributed by atoms with Gasteiger partial charge in [-0.3, -0.25) is 0 Å². The minimum atomic E-state index is 0. The Kier molecular flexibility index (Phi) is 13.8. The summed E-state index contributed by atoms with van der Waals surface area (Å²) in [6.45, 7) is 1.84. The van der Waals surface area contributed by atoms with Crippen LogP contribution in [-0.4, -0.2) is 0 Å². The predicted octanol–water partition coefficient (Wildman–Crippen LogP) is -3.28. The second-order valence-electron chi connectivity index (χ2n) is 0.632. The van der Waals surface area contributed by atoms with Crippen molar-refractivity contribution < 1.29 is 24.0 Å². The maximum absolute atomic E-state index is 9.17. The van der Waals surface area contributed by atoms with E-state index in [9.17, 15) is 0 Å². The van der Waals surface area contributed by atoms with Crippen molar-refractivity contribution in [3.63, 3.8) is 0 Å². The van der Waals surface area contributed by atoms with E-state index in [0.29, 0.717) is 6.42 Å². The summed E-state index contributed by atoms with van der Waals surface area (Å²) in [7, 11) is 0. The van der Waals surface area contributed by atoms with E-state index in [1.54, 1.807) is 0 Å². The van der Waals surface area contributed by atoms with Crippen LogP contribution in [0.25, 0.3) is 0 Å². The molecule has 0 aromatic heterocycles. The third-order valence-corrected chi connectivity index (χ3v) is 0.249. The Bertz CT molecular complexity index is 59.7. The molecule has 0 aromatic carbocycles. The van der Waals surface area contributed by atoms with Crippen LogP contribution >= 0.6 is 0 Å². The van der Waals surface area contributed by atoms with Crippen LogP contribution in [0, 0.1) is 12.0 Å². The summed E-state index contributed by atoms with van der Waals surface area (Å²) in [6, 6.07) is 0. The second kappa shape index (κ2) is 8.88. The summed E-state index contributed by atoms with van der Waals surface area (Å²) in [4.78, 5) is 0. The smallest absolute Gasteiger partial charge is 0.833 e. The van der Waals surface area contributed by atoms with Crippen LogP contribution in [0.15, 0.2) is 0 Å². The fourth-order valence-corrected chi connectivity index (χ4v) is 0.0722. The molecular formula is C4H5LiO. The Balaban J connectivity index is 0. The molecule has 0 bridgehead atoms. The molecule has 0 N–H and O–H groups in total. The zero-order valence-corrected chi connectivity index (χ0v) is 4.12. The normalized spacial score (nSPS) is 4.17. The van der Waals surface area contributed by atoms with Crippen molar-refractivity contribution in [3.8, 4) is 12.0 Å². The quantitative estimate of drug-likeness (QED) is 0.219. The fourth-order valence-electron chi connectivity index (χ4n) is 0.0722. The molecule has 0 aromatic rings. The maximum Gasteiger partial charge on any atom is 1.00 e. The molecule has 0 radical (unpaired) electrons. The summed E-state index contributed by atoms with van der Waals surface area (Å²) >= 11 is 0. The SMILES string of the molecule is CCC#C[O-].[Li+]. The van der Waals surface area contributed by atoms with E-state index in [0.717, 1.165) is 0 Å². The van der Waals surface area contributed by atoms with Crippen LogP contribution in [0.3, 0.4) is 0 Å². The molecule has 0 saturated heterocycles. The number of hydrogen-bond acceptors (Lipinski definition) is 1. The molecule has 0 rings (SSSR count). The van der Waals surface area contributed by atoms with Gasteiger partial charge in [0.05, 0.1) is 0 Å². The van der Waals surface area contributed by atoms with Gasteiger partial charge in [-0.25, -0.2) is 0 Å². The molecule has 0 heterocycles. The number of rotatable bonds is 0. The molecule has 0 aliphatic heterocycles. The molecule has 0 saturated carbocycles. The Morgan fingerprint density at radius 3 is 2.17 bits per heavy atom. The van der Waals surface area contributed by atoms with Gasteiger partial charge >= 0.3 is 18.9 Å². The van der Waals surface area contributed by atoms with Gasteiger partial charge < -0.3 is 5.11 Å². The van der Waals surface area contributed by atoms with E-state index in [1.807, 2.05) is 6.92 Å². The molecular weight excluding hydrogens is 71.0 g/mol. The van der Waals surface area contributed by atoms with Gasteiger partial charge in [0.2, 0.25) is 0 Å². The van der Waals surface area contributed by atoms with Crippen molar-refractivity contribution >= 4 is 0 Å². The first-order valence-electron chi connectivity index (χ1n) is 1.51.